The van der Waals surface area contributed by atoms with Gasteiger partial charge in [0.1, 0.15) is 0 Å². The second-order valence-corrected chi connectivity index (χ2v) is 6.16. The van der Waals surface area contributed by atoms with Crippen LogP contribution < -0.4 is 0 Å². The number of benzene rings is 1. The van der Waals surface area contributed by atoms with E-state index in [1.165, 1.54) is 25.3 Å². The van der Waals surface area contributed by atoms with Crippen molar-refractivity contribution in [2.45, 2.75) is 58.0 Å². The standard InChI is InChI=1S/C19H23F3O2/c1-2-3-4-5-6-7-8-9-13-10-16(19(20,21)22)15-12-18(24)17(23)11-14(13)15/h9-12,23-24H,2-8H2,1H3/b13-9+. The number of fused-ring (bicyclic) bond motifs is 1. The van der Waals surface area contributed by atoms with Gasteiger partial charge >= 0.3 is 6.18 Å². The predicted molar refractivity (Wildman–Crippen MR) is 89.8 cm³/mol. The maximum atomic E-state index is 13.2. The summed E-state index contributed by atoms with van der Waals surface area (Å²) in [6.45, 7) is 2.15. The molecule has 0 atom stereocenters. The molecule has 0 unspecified atom stereocenters. The fraction of sp³-hybridized carbons (Fsp3) is 0.474. The van der Waals surface area contributed by atoms with Crippen LogP contribution in [-0.2, 0) is 0 Å². The van der Waals surface area contributed by atoms with Crippen molar-refractivity contribution in [1.29, 1.82) is 0 Å². The molecule has 5 heteroatoms. The first-order valence-corrected chi connectivity index (χ1v) is 8.40. The summed E-state index contributed by atoms with van der Waals surface area (Å²) in [4.78, 5) is 0. The molecule has 1 aliphatic rings. The number of alkyl halides is 3. The summed E-state index contributed by atoms with van der Waals surface area (Å²) in [7, 11) is 0. The number of rotatable bonds is 7. The fourth-order valence-electron chi connectivity index (χ4n) is 2.94. The van der Waals surface area contributed by atoms with Crippen molar-refractivity contribution in [2.24, 2.45) is 0 Å². The summed E-state index contributed by atoms with van der Waals surface area (Å²) in [5.74, 6) is -0.947. The van der Waals surface area contributed by atoms with Gasteiger partial charge in [0.2, 0.25) is 0 Å². The van der Waals surface area contributed by atoms with Gasteiger partial charge in [-0.1, -0.05) is 45.1 Å². The number of hydrogen-bond acceptors (Lipinski definition) is 2. The Bertz CT molecular complexity index is 643. The summed E-state index contributed by atoms with van der Waals surface area (Å²) in [5, 5.41) is 19.1. The molecule has 2 N–H and O–H groups in total. The van der Waals surface area contributed by atoms with E-state index in [-0.39, 0.29) is 5.56 Å². The van der Waals surface area contributed by atoms with Crippen LogP contribution in [0, 0.1) is 0 Å². The molecular weight excluding hydrogens is 317 g/mol. The second-order valence-electron chi connectivity index (χ2n) is 6.16. The summed E-state index contributed by atoms with van der Waals surface area (Å²) in [5.41, 5.74) is -0.0706. The van der Waals surface area contributed by atoms with Crippen LogP contribution in [-0.4, -0.2) is 16.4 Å². The Morgan fingerprint density at radius 2 is 1.50 bits per heavy atom. The molecule has 1 aromatic carbocycles. The zero-order valence-corrected chi connectivity index (χ0v) is 13.8. The average molecular weight is 340 g/mol. The van der Waals surface area contributed by atoms with Crippen molar-refractivity contribution in [1.82, 2.24) is 0 Å². The molecule has 2 nitrogen and oxygen atoms in total. The quantitative estimate of drug-likeness (QED) is 0.459. The lowest BCUT2D eigenvalue weighted by molar-refractivity contribution is -0.0687. The topological polar surface area (TPSA) is 40.5 Å². The molecule has 0 saturated carbocycles. The Morgan fingerprint density at radius 3 is 2.12 bits per heavy atom. The van der Waals surface area contributed by atoms with Crippen molar-refractivity contribution >= 4 is 11.1 Å². The smallest absolute Gasteiger partial charge is 0.417 e. The fourth-order valence-corrected chi connectivity index (χ4v) is 2.94. The highest BCUT2D eigenvalue weighted by atomic mass is 19.4. The van der Waals surface area contributed by atoms with Crippen LogP contribution >= 0.6 is 0 Å². The molecule has 24 heavy (non-hydrogen) atoms. The monoisotopic (exact) mass is 340 g/mol. The molecule has 0 fully saturated rings. The van der Waals surface area contributed by atoms with Crippen LogP contribution in [0.25, 0.3) is 11.1 Å². The van der Waals surface area contributed by atoms with E-state index in [1.807, 2.05) is 0 Å². The van der Waals surface area contributed by atoms with E-state index in [1.54, 1.807) is 6.08 Å². The number of phenols is 2. The summed E-state index contributed by atoms with van der Waals surface area (Å²) < 4.78 is 39.5. The van der Waals surface area contributed by atoms with Crippen molar-refractivity contribution in [3.63, 3.8) is 0 Å². The number of allylic oxidation sites excluding steroid dienone is 4. The minimum Gasteiger partial charge on any atom is -0.504 e. The number of phenolic OH excluding ortho intramolecular Hbond substituents is 2. The maximum absolute atomic E-state index is 13.2. The van der Waals surface area contributed by atoms with E-state index >= 15 is 0 Å². The van der Waals surface area contributed by atoms with Gasteiger partial charge in [0, 0.05) is 0 Å². The van der Waals surface area contributed by atoms with Crippen LogP contribution in [0.4, 0.5) is 13.2 Å². The summed E-state index contributed by atoms with van der Waals surface area (Å²) >= 11 is 0. The van der Waals surface area contributed by atoms with Gasteiger partial charge < -0.3 is 10.2 Å². The number of hydrogen-bond donors (Lipinski definition) is 2. The molecule has 132 valence electrons. The number of unbranched alkanes of at least 4 members (excludes halogenated alkanes) is 6. The Morgan fingerprint density at radius 1 is 0.917 bits per heavy atom. The first kappa shape index (κ1) is 18.4. The highest BCUT2D eigenvalue weighted by molar-refractivity contribution is 5.98. The van der Waals surface area contributed by atoms with Crippen molar-refractivity contribution in [3.05, 3.63) is 35.4 Å². The van der Waals surface area contributed by atoms with E-state index in [0.29, 0.717) is 17.6 Å². The molecule has 0 bridgehead atoms. The SMILES string of the molecule is CCCCCCCC/C=C1\C=C(C(F)(F)F)c2cc(O)c(O)cc21. The summed E-state index contributed by atoms with van der Waals surface area (Å²) in [6.07, 6.45) is 5.83. The van der Waals surface area contributed by atoms with Gasteiger partial charge in [-0.3, -0.25) is 0 Å². The third-order valence-corrected chi connectivity index (χ3v) is 4.24. The molecular formula is C19H23F3O2. The first-order valence-electron chi connectivity index (χ1n) is 8.40. The molecule has 0 spiro atoms. The third kappa shape index (κ3) is 4.34. The van der Waals surface area contributed by atoms with E-state index in [9.17, 15) is 23.4 Å². The molecule has 0 saturated heterocycles. The Balaban J connectivity index is 2.12. The normalized spacial score (nSPS) is 15.7. The van der Waals surface area contributed by atoms with Crippen LogP contribution in [0.1, 0.15) is 63.0 Å². The molecule has 0 heterocycles. The van der Waals surface area contributed by atoms with E-state index in [2.05, 4.69) is 6.92 Å². The molecule has 0 aromatic heterocycles. The molecule has 0 aliphatic heterocycles. The molecule has 0 radical (unpaired) electrons. The lowest BCUT2D eigenvalue weighted by Gasteiger charge is -2.10. The van der Waals surface area contributed by atoms with Gasteiger partial charge in [0.15, 0.2) is 11.5 Å². The predicted octanol–water partition coefficient (Wildman–Crippen LogP) is 6.19. The van der Waals surface area contributed by atoms with Gasteiger partial charge in [0.25, 0.3) is 0 Å². The largest absolute Gasteiger partial charge is 0.504 e. The highest BCUT2D eigenvalue weighted by Crippen LogP contribution is 2.47. The first-order chi connectivity index (χ1) is 11.3. The van der Waals surface area contributed by atoms with Crippen molar-refractivity contribution < 1.29 is 23.4 Å². The Labute approximate surface area is 140 Å². The zero-order chi connectivity index (χ0) is 17.7. The summed E-state index contributed by atoms with van der Waals surface area (Å²) in [6, 6.07) is 2.18. The van der Waals surface area contributed by atoms with Crippen LogP contribution in [0.2, 0.25) is 0 Å². The van der Waals surface area contributed by atoms with E-state index < -0.39 is 23.2 Å². The van der Waals surface area contributed by atoms with Crippen molar-refractivity contribution in [2.75, 3.05) is 0 Å². The average Bonchev–Trinajstić information content (AvgIpc) is 2.85. The lowest BCUT2D eigenvalue weighted by Crippen LogP contribution is -2.09. The van der Waals surface area contributed by atoms with Gasteiger partial charge in [-0.25, -0.2) is 0 Å². The van der Waals surface area contributed by atoms with Crippen molar-refractivity contribution in [3.8, 4) is 11.5 Å². The molecule has 1 aliphatic carbocycles. The second kappa shape index (κ2) is 7.77. The minimum atomic E-state index is -4.49. The van der Waals surface area contributed by atoms with E-state index in [0.717, 1.165) is 31.4 Å². The molecule has 0 amide bonds. The van der Waals surface area contributed by atoms with Gasteiger partial charge in [-0.2, -0.15) is 13.2 Å². The van der Waals surface area contributed by atoms with Gasteiger partial charge in [-0.05, 0) is 47.8 Å². The van der Waals surface area contributed by atoms with Gasteiger partial charge in [0.05, 0.1) is 5.57 Å². The van der Waals surface area contributed by atoms with Crippen LogP contribution in [0.15, 0.2) is 24.3 Å². The minimum absolute atomic E-state index is 0.0769. The van der Waals surface area contributed by atoms with Crippen LogP contribution in [0.3, 0.4) is 0 Å². The third-order valence-electron chi connectivity index (χ3n) is 4.24. The highest BCUT2D eigenvalue weighted by Gasteiger charge is 2.39. The molecule has 1 aromatic rings. The maximum Gasteiger partial charge on any atom is 0.417 e. The molecule has 2 rings (SSSR count). The van der Waals surface area contributed by atoms with Gasteiger partial charge in [-0.15, -0.1) is 0 Å². The Hall–Kier alpha value is -1.91. The van der Waals surface area contributed by atoms with E-state index in [4.69, 9.17) is 0 Å². The zero-order valence-electron chi connectivity index (χ0n) is 13.8. The lowest BCUT2D eigenvalue weighted by atomic mass is 10.0. The number of halogens is 3. The Kier molecular flexibility index (Phi) is 5.97. The number of aromatic hydroxyl groups is 2. The van der Waals surface area contributed by atoms with Crippen LogP contribution in [0.5, 0.6) is 11.5 Å².